The fourth-order valence-corrected chi connectivity index (χ4v) is 4.25. The number of hydrogen-bond acceptors (Lipinski definition) is 3. The van der Waals surface area contributed by atoms with Gasteiger partial charge in [-0.15, -0.1) is 0 Å². The number of aryl methyl sites for hydroxylation is 2. The lowest BCUT2D eigenvalue weighted by Gasteiger charge is -2.31. The number of rotatable bonds is 3. The van der Waals surface area contributed by atoms with Crippen LogP contribution in [0.1, 0.15) is 43.4 Å². The zero-order valence-corrected chi connectivity index (χ0v) is 16.6. The van der Waals surface area contributed by atoms with Gasteiger partial charge in [0.15, 0.2) is 5.78 Å². The van der Waals surface area contributed by atoms with Crippen molar-refractivity contribution in [2.75, 3.05) is 0 Å². The number of carbonyl (C=O) groups excluding carboxylic acids is 1. The molecule has 0 spiro atoms. The number of ether oxygens (including phenoxy) is 1. The van der Waals surface area contributed by atoms with E-state index in [-0.39, 0.29) is 11.5 Å². The second-order valence-electron chi connectivity index (χ2n) is 7.65. The molecule has 2 aliphatic heterocycles. The maximum Gasteiger partial charge on any atom is 0.195 e. The number of aliphatic hydroxyl groups is 1. The second kappa shape index (κ2) is 6.50. The first kappa shape index (κ1) is 18.3. The molecule has 1 fully saturated rings. The molecule has 27 heavy (non-hydrogen) atoms. The molecule has 2 heterocycles. The predicted octanol–water partition coefficient (Wildman–Crippen LogP) is 5.67. The summed E-state index contributed by atoms with van der Waals surface area (Å²) in [5, 5.41) is 11.6. The molecule has 140 valence electrons. The Morgan fingerprint density at radius 3 is 2.63 bits per heavy atom. The molecular formula is C23H23ClO3. The number of benzene rings is 2. The molecule has 4 rings (SSSR count). The van der Waals surface area contributed by atoms with Crippen LogP contribution in [0.3, 0.4) is 0 Å². The topological polar surface area (TPSA) is 46.5 Å². The minimum Gasteiger partial charge on any atom is -0.508 e. The zero-order valence-electron chi connectivity index (χ0n) is 15.8. The number of carbonyl (C=O) groups is 1. The third kappa shape index (κ3) is 2.90. The van der Waals surface area contributed by atoms with E-state index in [0.29, 0.717) is 18.4 Å². The minimum atomic E-state index is -0.745. The zero-order chi connectivity index (χ0) is 19.3. The molecule has 0 aliphatic carbocycles. The second-order valence-corrected chi connectivity index (χ2v) is 8.06. The van der Waals surface area contributed by atoms with Crippen LogP contribution in [0.15, 0.2) is 42.2 Å². The molecular weight excluding hydrogens is 360 g/mol. The SMILES string of the molecule is CCc1cc(-c2ccc(Cl)c(C)c2)ccc1C1=C(O)[C@@]2(C)CC[C@H](O2)C1=O. The highest BCUT2D eigenvalue weighted by Gasteiger charge is 2.50. The monoisotopic (exact) mass is 382 g/mol. The van der Waals surface area contributed by atoms with Crippen molar-refractivity contribution in [1.82, 2.24) is 0 Å². The van der Waals surface area contributed by atoms with Crippen molar-refractivity contribution in [1.29, 1.82) is 0 Å². The maximum atomic E-state index is 12.9. The molecule has 2 atom stereocenters. The molecule has 3 nitrogen and oxygen atoms in total. The molecule has 4 heteroatoms. The number of aliphatic hydroxyl groups excluding tert-OH is 1. The molecule has 2 aromatic carbocycles. The first-order valence-electron chi connectivity index (χ1n) is 9.39. The standard InChI is InChI=1S/C23H23ClO3/c1-4-14-12-16(15-6-8-18(24)13(2)11-15)5-7-17(14)20-21(25)19-9-10-23(3,27-19)22(20)26/h5-8,11-12,19,26H,4,9-10H2,1-3H3/t19-,23+/m0/s1. The Labute approximate surface area is 164 Å². The lowest BCUT2D eigenvalue weighted by molar-refractivity contribution is -0.130. The maximum absolute atomic E-state index is 12.9. The van der Waals surface area contributed by atoms with Crippen LogP contribution in [0.5, 0.6) is 0 Å². The van der Waals surface area contributed by atoms with E-state index in [1.807, 2.05) is 38.1 Å². The average Bonchev–Trinajstić information content (AvgIpc) is 3.04. The fraction of sp³-hybridized carbons (Fsp3) is 0.348. The number of halogens is 1. The first-order chi connectivity index (χ1) is 12.8. The molecule has 0 radical (unpaired) electrons. The molecule has 0 amide bonds. The van der Waals surface area contributed by atoms with Crippen molar-refractivity contribution in [3.63, 3.8) is 0 Å². The molecule has 0 aromatic heterocycles. The van der Waals surface area contributed by atoms with Gasteiger partial charge in [0.25, 0.3) is 0 Å². The Morgan fingerprint density at radius 1 is 1.22 bits per heavy atom. The average molecular weight is 383 g/mol. The summed E-state index contributed by atoms with van der Waals surface area (Å²) >= 11 is 6.15. The van der Waals surface area contributed by atoms with Crippen molar-refractivity contribution in [2.24, 2.45) is 0 Å². The summed E-state index contributed by atoms with van der Waals surface area (Å²) in [7, 11) is 0. The molecule has 2 aliphatic rings. The molecule has 1 N–H and O–H groups in total. The van der Waals surface area contributed by atoms with Gasteiger partial charge >= 0.3 is 0 Å². The van der Waals surface area contributed by atoms with Gasteiger partial charge in [0, 0.05) is 5.02 Å². The van der Waals surface area contributed by atoms with Gasteiger partial charge in [0.1, 0.15) is 17.5 Å². The molecule has 0 unspecified atom stereocenters. The highest BCUT2D eigenvalue weighted by Crippen LogP contribution is 2.45. The van der Waals surface area contributed by atoms with E-state index in [1.54, 1.807) is 0 Å². The smallest absolute Gasteiger partial charge is 0.195 e. The molecule has 2 aromatic rings. The van der Waals surface area contributed by atoms with E-state index in [0.717, 1.165) is 39.3 Å². The summed E-state index contributed by atoms with van der Waals surface area (Å²) in [4.78, 5) is 12.9. The predicted molar refractivity (Wildman–Crippen MR) is 108 cm³/mol. The lowest BCUT2D eigenvalue weighted by Crippen LogP contribution is -2.37. The normalized spacial score (nSPS) is 24.6. The van der Waals surface area contributed by atoms with Gasteiger partial charge in [-0.3, -0.25) is 4.79 Å². The third-order valence-electron chi connectivity index (χ3n) is 5.81. The molecule has 0 saturated carbocycles. The van der Waals surface area contributed by atoms with Crippen LogP contribution in [0.2, 0.25) is 5.02 Å². The Hall–Kier alpha value is -2.10. The Balaban J connectivity index is 1.83. The van der Waals surface area contributed by atoms with E-state index in [9.17, 15) is 9.90 Å². The van der Waals surface area contributed by atoms with Gasteiger partial charge < -0.3 is 9.84 Å². The summed E-state index contributed by atoms with van der Waals surface area (Å²) in [6, 6.07) is 12.0. The Kier molecular flexibility index (Phi) is 4.40. The van der Waals surface area contributed by atoms with Gasteiger partial charge in [-0.1, -0.05) is 42.8 Å². The Morgan fingerprint density at radius 2 is 1.93 bits per heavy atom. The van der Waals surface area contributed by atoms with E-state index >= 15 is 0 Å². The van der Waals surface area contributed by atoms with E-state index in [2.05, 4.69) is 19.1 Å². The van der Waals surface area contributed by atoms with Crippen LogP contribution in [-0.4, -0.2) is 22.6 Å². The number of hydrogen-bond donors (Lipinski definition) is 1. The van der Waals surface area contributed by atoms with Gasteiger partial charge in [0.05, 0.1) is 5.57 Å². The Bertz CT molecular complexity index is 976. The van der Waals surface area contributed by atoms with Crippen LogP contribution in [0, 0.1) is 6.92 Å². The van der Waals surface area contributed by atoms with Crippen LogP contribution in [0.4, 0.5) is 0 Å². The minimum absolute atomic E-state index is 0.0750. The number of fused-ring (bicyclic) bond motifs is 2. The van der Waals surface area contributed by atoms with Crippen LogP contribution < -0.4 is 0 Å². The van der Waals surface area contributed by atoms with Crippen molar-refractivity contribution < 1.29 is 14.6 Å². The van der Waals surface area contributed by atoms with Gasteiger partial charge in [-0.05, 0) is 73.1 Å². The highest BCUT2D eigenvalue weighted by atomic mass is 35.5. The fourth-order valence-electron chi connectivity index (χ4n) is 4.13. The van der Waals surface area contributed by atoms with Crippen molar-refractivity contribution in [3.8, 4) is 11.1 Å². The summed E-state index contributed by atoms with van der Waals surface area (Å²) in [6.45, 7) is 5.92. The summed E-state index contributed by atoms with van der Waals surface area (Å²) in [5.74, 6) is -0.0294. The highest BCUT2D eigenvalue weighted by molar-refractivity contribution is 6.31. The largest absolute Gasteiger partial charge is 0.508 e. The van der Waals surface area contributed by atoms with Crippen LogP contribution in [0.25, 0.3) is 16.7 Å². The summed E-state index contributed by atoms with van der Waals surface area (Å²) in [5.41, 5.74) is 4.73. The number of ketones is 1. The van der Waals surface area contributed by atoms with Gasteiger partial charge in [0.2, 0.25) is 0 Å². The lowest BCUT2D eigenvalue weighted by atomic mass is 9.86. The van der Waals surface area contributed by atoms with E-state index in [4.69, 9.17) is 16.3 Å². The van der Waals surface area contributed by atoms with Crippen molar-refractivity contribution in [3.05, 3.63) is 63.9 Å². The van der Waals surface area contributed by atoms with E-state index in [1.165, 1.54) is 0 Å². The van der Waals surface area contributed by atoms with Crippen LogP contribution in [-0.2, 0) is 16.0 Å². The first-order valence-corrected chi connectivity index (χ1v) is 9.77. The van der Waals surface area contributed by atoms with E-state index < -0.39 is 11.7 Å². The van der Waals surface area contributed by atoms with Crippen LogP contribution >= 0.6 is 11.6 Å². The van der Waals surface area contributed by atoms with Gasteiger partial charge in [-0.25, -0.2) is 0 Å². The third-order valence-corrected chi connectivity index (χ3v) is 6.23. The van der Waals surface area contributed by atoms with Gasteiger partial charge in [-0.2, -0.15) is 0 Å². The van der Waals surface area contributed by atoms with Crippen molar-refractivity contribution in [2.45, 2.75) is 51.7 Å². The number of Topliss-reactive ketones (excluding diaryl/α,β-unsaturated/α-hetero) is 1. The molecule has 1 saturated heterocycles. The summed E-state index contributed by atoms with van der Waals surface area (Å²) < 4.78 is 5.78. The van der Waals surface area contributed by atoms with Crippen molar-refractivity contribution >= 4 is 23.0 Å². The summed E-state index contributed by atoms with van der Waals surface area (Å²) in [6.07, 6.45) is 1.65. The molecule has 2 bridgehead atoms. The quantitative estimate of drug-likeness (QED) is 0.744.